The maximum atomic E-state index is 12.5. The second-order valence-corrected chi connectivity index (χ2v) is 6.44. The minimum Gasteiger partial charge on any atom is -0.396 e. The molecule has 0 saturated carbocycles. The number of aliphatic hydroxyl groups is 1. The topological polar surface area (TPSA) is 76.4 Å². The smallest absolute Gasteiger partial charge is 0.272 e. The summed E-state index contributed by atoms with van der Waals surface area (Å²) in [5, 5.41) is 16.4. The quantitative estimate of drug-likeness (QED) is 0.878. The third-order valence-corrected chi connectivity index (χ3v) is 3.91. The molecule has 1 amide bonds. The van der Waals surface area contributed by atoms with Crippen LogP contribution in [0.2, 0.25) is 0 Å². The number of hydrogen-bond donors (Lipinski definition) is 2. The third-order valence-electron chi connectivity index (χ3n) is 3.91. The van der Waals surface area contributed by atoms with Crippen molar-refractivity contribution in [1.82, 2.24) is 15.1 Å². The fourth-order valence-corrected chi connectivity index (χ4v) is 2.93. The number of aromatic nitrogens is 2. The van der Waals surface area contributed by atoms with Crippen molar-refractivity contribution in [2.75, 3.05) is 6.61 Å². The average Bonchev–Trinajstić information content (AvgIpc) is 2.65. The van der Waals surface area contributed by atoms with Gasteiger partial charge in [-0.05, 0) is 34.1 Å². The zero-order chi connectivity index (χ0) is 15.8. The van der Waals surface area contributed by atoms with Crippen LogP contribution in [0.4, 0.5) is 0 Å². The van der Waals surface area contributed by atoms with Gasteiger partial charge in [0.25, 0.3) is 5.91 Å². The fraction of sp³-hybridized carbons (Fsp3) is 0.733. The average molecular weight is 295 g/mol. The molecule has 0 aromatic carbocycles. The van der Waals surface area contributed by atoms with Gasteiger partial charge in [0.15, 0.2) is 5.69 Å². The van der Waals surface area contributed by atoms with Crippen LogP contribution in [0.15, 0.2) is 0 Å². The molecule has 0 spiro atoms. The van der Waals surface area contributed by atoms with E-state index in [1.54, 1.807) is 4.68 Å². The van der Waals surface area contributed by atoms with Gasteiger partial charge in [-0.25, -0.2) is 0 Å². The third kappa shape index (κ3) is 3.27. The summed E-state index contributed by atoms with van der Waals surface area (Å²) in [6.07, 6.45) is 1.21. The molecule has 0 aliphatic carbocycles. The summed E-state index contributed by atoms with van der Waals surface area (Å²) in [5.74, 6) is -0.188. The SMILES string of the molecule is C[C@@H]1Cc2c(C(=O)NC(C)(C)CCO)nn(C)c2[C@H](C)O1. The van der Waals surface area contributed by atoms with Crippen LogP contribution in [0, 0.1) is 0 Å². The number of amides is 1. The Labute approximate surface area is 125 Å². The van der Waals surface area contributed by atoms with Gasteiger partial charge in [-0.1, -0.05) is 0 Å². The van der Waals surface area contributed by atoms with Crippen molar-refractivity contribution in [2.45, 2.75) is 58.3 Å². The molecule has 0 unspecified atom stereocenters. The van der Waals surface area contributed by atoms with Crippen molar-refractivity contribution in [2.24, 2.45) is 7.05 Å². The van der Waals surface area contributed by atoms with Crippen LogP contribution in [0.3, 0.4) is 0 Å². The lowest BCUT2D eigenvalue weighted by atomic mass is 9.97. The van der Waals surface area contributed by atoms with E-state index in [0.717, 1.165) is 11.3 Å². The van der Waals surface area contributed by atoms with Gasteiger partial charge in [0.1, 0.15) is 0 Å². The summed E-state index contributed by atoms with van der Waals surface area (Å²) in [6, 6.07) is 0. The number of nitrogens with one attached hydrogen (secondary N) is 1. The Morgan fingerprint density at radius 3 is 2.81 bits per heavy atom. The number of fused-ring (bicyclic) bond motifs is 1. The van der Waals surface area contributed by atoms with Gasteiger partial charge >= 0.3 is 0 Å². The normalized spacial score (nSPS) is 22.0. The minimum absolute atomic E-state index is 0.0372. The van der Waals surface area contributed by atoms with Crippen LogP contribution in [0.5, 0.6) is 0 Å². The number of carbonyl (C=O) groups excluding carboxylic acids is 1. The highest BCUT2D eigenvalue weighted by Gasteiger charge is 2.32. The molecule has 6 heteroatoms. The van der Waals surface area contributed by atoms with E-state index in [4.69, 9.17) is 9.84 Å². The highest BCUT2D eigenvalue weighted by atomic mass is 16.5. The number of aliphatic hydroxyl groups excluding tert-OH is 1. The molecule has 118 valence electrons. The summed E-state index contributed by atoms with van der Waals surface area (Å²) >= 11 is 0. The monoisotopic (exact) mass is 295 g/mol. The van der Waals surface area contributed by atoms with E-state index < -0.39 is 5.54 Å². The Balaban J connectivity index is 2.29. The van der Waals surface area contributed by atoms with Gasteiger partial charge in [0.05, 0.1) is 17.9 Å². The summed E-state index contributed by atoms with van der Waals surface area (Å²) in [5.41, 5.74) is 1.96. The highest BCUT2D eigenvalue weighted by molar-refractivity contribution is 5.94. The van der Waals surface area contributed by atoms with Crippen molar-refractivity contribution < 1.29 is 14.6 Å². The molecule has 0 saturated heterocycles. The van der Waals surface area contributed by atoms with Crippen LogP contribution in [0.25, 0.3) is 0 Å². The molecule has 1 aliphatic rings. The number of carbonyl (C=O) groups is 1. The molecular formula is C15H25N3O3. The Hall–Kier alpha value is -1.40. The van der Waals surface area contributed by atoms with Gasteiger partial charge in [0.2, 0.25) is 0 Å². The van der Waals surface area contributed by atoms with Gasteiger partial charge in [-0.3, -0.25) is 9.48 Å². The molecule has 2 N–H and O–H groups in total. The summed E-state index contributed by atoms with van der Waals surface area (Å²) in [7, 11) is 1.84. The first-order valence-electron chi connectivity index (χ1n) is 7.39. The molecule has 1 aliphatic heterocycles. The summed E-state index contributed by atoms with van der Waals surface area (Å²) in [4.78, 5) is 12.5. The van der Waals surface area contributed by atoms with E-state index in [0.29, 0.717) is 18.5 Å². The van der Waals surface area contributed by atoms with Crippen LogP contribution < -0.4 is 5.32 Å². The molecule has 21 heavy (non-hydrogen) atoms. The van der Waals surface area contributed by atoms with Crippen molar-refractivity contribution >= 4 is 5.91 Å². The molecule has 2 heterocycles. The largest absolute Gasteiger partial charge is 0.396 e. The van der Waals surface area contributed by atoms with Gasteiger partial charge < -0.3 is 15.2 Å². The van der Waals surface area contributed by atoms with Gasteiger partial charge in [0, 0.05) is 31.2 Å². The predicted octanol–water partition coefficient (Wildman–Crippen LogP) is 1.33. The van der Waals surface area contributed by atoms with Crippen molar-refractivity contribution in [3.8, 4) is 0 Å². The molecular weight excluding hydrogens is 270 g/mol. The van der Waals surface area contributed by atoms with Crippen molar-refractivity contribution in [3.63, 3.8) is 0 Å². The molecule has 0 bridgehead atoms. The van der Waals surface area contributed by atoms with E-state index in [9.17, 15) is 4.79 Å². The Morgan fingerprint density at radius 2 is 2.19 bits per heavy atom. The van der Waals surface area contributed by atoms with Gasteiger partial charge in [-0.15, -0.1) is 0 Å². The first kappa shape index (κ1) is 16.0. The lowest BCUT2D eigenvalue weighted by molar-refractivity contribution is -0.00903. The molecule has 0 radical (unpaired) electrons. The van der Waals surface area contributed by atoms with Crippen LogP contribution in [-0.2, 0) is 18.2 Å². The fourth-order valence-electron chi connectivity index (χ4n) is 2.93. The summed E-state index contributed by atoms with van der Waals surface area (Å²) in [6.45, 7) is 7.81. The van der Waals surface area contributed by atoms with E-state index in [-0.39, 0.29) is 24.7 Å². The van der Waals surface area contributed by atoms with Crippen molar-refractivity contribution in [3.05, 3.63) is 17.0 Å². The lowest BCUT2D eigenvalue weighted by Crippen LogP contribution is -2.44. The van der Waals surface area contributed by atoms with E-state index in [2.05, 4.69) is 10.4 Å². The Morgan fingerprint density at radius 1 is 1.52 bits per heavy atom. The number of aryl methyl sites for hydroxylation is 1. The second-order valence-electron chi connectivity index (χ2n) is 6.44. The first-order valence-corrected chi connectivity index (χ1v) is 7.39. The predicted molar refractivity (Wildman–Crippen MR) is 79.1 cm³/mol. The zero-order valence-corrected chi connectivity index (χ0v) is 13.4. The molecule has 2 rings (SSSR count). The maximum absolute atomic E-state index is 12.5. The van der Waals surface area contributed by atoms with E-state index in [1.165, 1.54) is 0 Å². The molecule has 1 aromatic rings. The van der Waals surface area contributed by atoms with E-state index >= 15 is 0 Å². The van der Waals surface area contributed by atoms with Crippen LogP contribution in [-0.4, -0.2) is 39.0 Å². The Kier molecular flexibility index (Phi) is 4.39. The molecule has 0 fully saturated rings. The van der Waals surface area contributed by atoms with Gasteiger partial charge in [-0.2, -0.15) is 5.10 Å². The zero-order valence-electron chi connectivity index (χ0n) is 13.4. The Bertz CT molecular complexity index is 537. The lowest BCUT2D eigenvalue weighted by Gasteiger charge is -2.27. The molecule has 1 aromatic heterocycles. The number of hydrogen-bond acceptors (Lipinski definition) is 4. The standard InChI is InChI=1S/C15H25N3O3/c1-9-8-11-12(14(20)16-15(3,4)6-7-19)17-18(5)13(11)10(2)21-9/h9-10,19H,6-8H2,1-5H3,(H,16,20)/t9-,10+/m1/s1. The highest BCUT2D eigenvalue weighted by Crippen LogP contribution is 2.31. The van der Waals surface area contributed by atoms with Crippen LogP contribution in [0.1, 0.15) is 62.0 Å². The minimum atomic E-state index is -0.460. The van der Waals surface area contributed by atoms with Crippen molar-refractivity contribution in [1.29, 1.82) is 0 Å². The second kappa shape index (κ2) is 5.77. The maximum Gasteiger partial charge on any atom is 0.272 e. The number of ether oxygens (including phenoxy) is 1. The molecule has 2 atom stereocenters. The summed E-state index contributed by atoms with van der Waals surface area (Å²) < 4.78 is 7.54. The number of rotatable bonds is 4. The van der Waals surface area contributed by atoms with Crippen LogP contribution >= 0.6 is 0 Å². The first-order chi connectivity index (χ1) is 9.75. The number of nitrogens with zero attached hydrogens (tertiary/aromatic N) is 2. The molecule has 6 nitrogen and oxygen atoms in total. The van der Waals surface area contributed by atoms with E-state index in [1.807, 2.05) is 34.7 Å².